The lowest BCUT2D eigenvalue weighted by Gasteiger charge is -2.24. The molecule has 0 bridgehead atoms. The number of oxazole rings is 1. The van der Waals surface area contributed by atoms with Gasteiger partial charge in [0.15, 0.2) is 0 Å². The number of aromatic nitrogens is 2. The monoisotopic (exact) mass is 538 g/mol. The molecular weight excluding hydrogens is 508 g/mol. The molecule has 1 saturated heterocycles. The summed E-state index contributed by atoms with van der Waals surface area (Å²) in [6.07, 6.45) is 5.61. The van der Waals surface area contributed by atoms with Gasteiger partial charge in [0, 0.05) is 34.3 Å². The molecule has 3 aromatic heterocycles. The number of benzene rings is 2. The summed E-state index contributed by atoms with van der Waals surface area (Å²) in [5.41, 5.74) is 10.2. The molecule has 1 aliphatic rings. The Labute approximate surface area is 231 Å². The zero-order chi connectivity index (χ0) is 27.0. The average Bonchev–Trinajstić information content (AvgIpc) is 3.74. The van der Waals surface area contributed by atoms with Crippen LogP contribution in [0.2, 0.25) is 0 Å². The molecule has 2 atom stereocenters. The molecule has 0 radical (unpaired) electrons. The summed E-state index contributed by atoms with van der Waals surface area (Å²) in [5, 5.41) is 3.02. The minimum atomic E-state index is -0.701. The number of nitrogens with zero attached hydrogens (tertiary/aromatic N) is 3. The van der Waals surface area contributed by atoms with E-state index in [-0.39, 0.29) is 11.9 Å². The van der Waals surface area contributed by atoms with E-state index in [2.05, 4.69) is 22.1 Å². The van der Waals surface area contributed by atoms with E-state index in [9.17, 15) is 4.79 Å². The average molecular weight is 539 g/mol. The molecule has 1 amide bonds. The first-order valence-corrected chi connectivity index (χ1v) is 14.0. The van der Waals surface area contributed by atoms with Crippen molar-refractivity contribution in [2.24, 2.45) is 5.73 Å². The first-order chi connectivity index (χ1) is 18.9. The van der Waals surface area contributed by atoms with Crippen LogP contribution in [0.25, 0.3) is 22.8 Å². The van der Waals surface area contributed by atoms with Crippen molar-refractivity contribution in [3.63, 3.8) is 0 Å². The summed E-state index contributed by atoms with van der Waals surface area (Å²) in [7, 11) is 0. The predicted molar refractivity (Wildman–Crippen MR) is 151 cm³/mol. The Balaban J connectivity index is 1.35. The number of thiazole rings is 1. The third-order valence-electron chi connectivity index (χ3n) is 7.16. The molecule has 6 rings (SSSR count). The Morgan fingerprint density at radius 3 is 2.72 bits per heavy atom. The van der Waals surface area contributed by atoms with Gasteiger partial charge in [-0.15, -0.1) is 11.3 Å². The van der Waals surface area contributed by atoms with Crippen molar-refractivity contribution >= 4 is 17.2 Å². The molecule has 5 aromatic rings. The van der Waals surface area contributed by atoms with Gasteiger partial charge in [0.1, 0.15) is 22.8 Å². The highest BCUT2D eigenvalue weighted by molar-refractivity contribution is 7.09. The maximum Gasteiger partial charge on any atom is 0.254 e. The molecular formula is C31H30N4O3S. The normalized spacial score (nSPS) is 16.9. The standard InChI is InChI=1S/C31H30N4O3S/c1-20-19-39-29(34-20)25-9-6-13-35(25)30(36)24-16-22(15-23(17-24)28-33-12-14-37-28)26-10-11-27(38-26)31(2,32)18-21-7-4-3-5-8-21/h3-5,7-8,10-12,14-17,19,25H,6,9,13,18,32H2,1-2H3/t25-,31?/m1/s1. The zero-order valence-corrected chi connectivity index (χ0v) is 22.8. The third-order valence-corrected chi connectivity index (χ3v) is 8.23. The van der Waals surface area contributed by atoms with Gasteiger partial charge in [0.25, 0.3) is 5.91 Å². The number of carbonyl (C=O) groups is 1. The van der Waals surface area contributed by atoms with Crippen molar-refractivity contribution in [1.82, 2.24) is 14.9 Å². The highest BCUT2D eigenvalue weighted by Gasteiger charge is 2.33. The van der Waals surface area contributed by atoms with Crippen LogP contribution in [-0.4, -0.2) is 27.3 Å². The maximum atomic E-state index is 13.9. The highest BCUT2D eigenvalue weighted by Crippen LogP contribution is 2.37. The second-order valence-electron chi connectivity index (χ2n) is 10.4. The number of amides is 1. The van der Waals surface area contributed by atoms with Gasteiger partial charge in [-0.3, -0.25) is 4.79 Å². The summed E-state index contributed by atoms with van der Waals surface area (Å²) in [5.74, 6) is 1.71. The molecule has 39 heavy (non-hydrogen) atoms. The molecule has 4 heterocycles. The van der Waals surface area contributed by atoms with Gasteiger partial charge in [-0.05, 0) is 69.0 Å². The molecule has 0 aliphatic carbocycles. The first-order valence-electron chi connectivity index (χ1n) is 13.1. The van der Waals surface area contributed by atoms with Gasteiger partial charge in [-0.2, -0.15) is 0 Å². The lowest BCUT2D eigenvalue weighted by Crippen LogP contribution is -2.35. The van der Waals surface area contributed by atoms with Crippen LogP contribution in [-0.2, 0) is 12.0 Å². The van der Waals surface area contributed by atoms with E-state index in [1.807, 2.05) is 72.7 Å². The Morgan fingerprint density at radius 2 is 1.97 bits per heavy atom. The van der Waals surface area contributed by atoms with E-state index in [0.717, 1.165) is 34.7 Å². The fourth-order valence-corrected chi connectivity index (χ4v) is 6.19. The third kappa shape index (κ3) is 5.17. The van der Waals surface area contributed by atoms with E-state index >= 15 is 0 Å². The van der Waals surface area contributed by atoms with E-state index in [0.29, 0.717) is 41.5 Å². The van der Waals surface area contributed by atoms with Crippen LogP contribution in [0.15, 0.2) is 87.3 Å². The fraction of sp³-hybridized carbons (Fsp3) is 0.258. The van der Waals surface area contributed by atoms with E-state index in [1.54, 1.807) is 17.5 Å². The van der Waals surface area contributed by atoms with Gasteiger partial charge in [-0.25, -0.2) is 9.97 Å². The van der Waals surface area contributed by atoms with Crippen molar-refractivity contribution in [2.75, 3.05) is 6.54 Å². The molecule has 1 unspecified atom stereocenters. The van der Waals surface area contributed by atoms with Crippen LogP contribution in [0.1, 0.15) is 58.2 Å². The second kappa shape index (κ2) is 10.3. The van der Waals surface area contributed by atoms with Crippen molar-refractivity contribution < 1.29 is 13.6 Å². The molecule has 2 aromatic carbocycles. The molecule has 1 aliphatic heterocycles. The predicted octanol–water partition coefficient (Wildman–Crippen LogP) is 6.76. The number of nitrogens with two attached hydrogens (primary N) is 1. The summed E-state index contributed by atoms with van der Waals surface area (Å²) >= 11 is 1.61. The number of aryl methyl sites for hydroxylation is 1. The van der Waals surface area contributed by atoms with Crippen molar-refractivity contribution in [1.29, 1.82) is 0 Å². The maximum absolute atomic E-state index is 13.9. The highest BCUT2D eigenvalue weighted by atomic mass is 32.1. The minimum absolute atomic E-state index is 0.0174. The molecule has 1 fully saturated rings. The smallest absolute Gasteiger partial charge is 0.254 e. The van der Waals surface area contributed by atoms with Crippen molar-refractivity contribution in [3.8, 4) is 22.8 Å². The van der Waals surface area contributed by atoms with Crippen LogP contribution in [0.5, 0.6) is 0 Å². The van der Waals surface area contributed by atoms with Gasteiger partial charge >= 0.3 is 0 Å². The summed E-state index contributed by atoms with van der Waals surface area (Å²) < 4.78 is 11.9. The van der Waals surface area contributed by atoms with Crippen LogP contribution in [0.4, 0.5) is 0 Å². The van der Waals surface area contributed by atoms with Crippen LogP contribution < -0.4 is 5.73 Å². The van der Waals surface area contributed by atoms with Gasteiger partial charge in [-0.1, -0.05) is 30.3 Å². The minimum Gasteiger partial charge on any atom is -0.459 e. The Morgan fingerprint density at radius 1 is 1.15 bits per heavy atom. The largest absolute Gasteiger partial charge is 0.459 e. The summed E-state index contributed by atoms with van der Waals surface area (Å²) in [4.78, 5) is 24.8. The summed E-state index contributed by atoms with van der Waals surface area (Å²) in [6, 6.07) is 19.6. The molecule has 2 N–H and O–H groups in total. The van der Waals surface area contributed by atoms with Crippen molar-refractivity contribution in [2.45, 2.75) is 44.7 Å². The number of hydrogen-bond acceptors (Lipinski definition) is 7. The number of rotatable bonds is 7. The number of carbonyl (C=O) groups excluding carboxylic acids is 1. The van der Waals surface area contributed by atoms with Gasteiger partial charge in [0.2, 0.25) is 5.89 Å². The Kier molecular flexibility index (Phi) is 6.66. The lowest BCUT2D eigenvalue weighted by molar-refractivity contribution is 0.0735. The fourth-order valence-electron chi connectivity index (χ4n) is 5.25. The zero-order valence-electron chi connectivity index (χ0n) is 22.0. The quantitative estimate of drug-likeness (QED) is 0.246. The van der Waals surface area contributed by atoms with Crippen LogP contribution in [0.3, 0.4) is 0 Å². The number of furan rings is 1. The molecule has 0 saturated carbocycles. The van der Waals surface area contributed by atoms with E-state index in [1.165, 1.54) is 6.26 Å². The molecule has 198 valence electrons. The van der Waals surface area contributed by atoms with Crippen molar-refractivity contribution in [3.05, 3.63) is 106 Å². The van der Waals surface area contributed by atoms with E-state index in [4.69, 9.17) is 14.6 Å². The number of hydrogen-bond donors (Lipinski definition) is 1. The molecule has 0 spiro atoms. The SMILES string of the molecule is Cc1csc([C@H]2CCCN2C(=O)c2cc(-c3ccc(C(C)(N)Cc4ccccc4)o3)cc(-c3ncco3)c2)n1. The molecule has 7 nitrogen and oxygen atoms in total. The van der Waals surface area contributed by atoms with Gasteiger partial charge in [0.05, 0.1) is 17.8 Å². The second-order valence-corrected chi connectivity index (χ2v) is 11.3. The van der Waals surface area contributed by atoms with E-state index < -0.39 is 5.54 Å². The number of likely N-dealkylation sites (tertiary alicyclic amines) is 1. The van der Waals surface area contributed by atoms with Gasteiger partial charge < -0.3 is 19.5 Å². The van der Waals surface area contributed by atoms with Crippen LogP contribution >= 0.6 is 11.3 Å². The molecule has 8 heteroatoms. The first kappa shape index (κ1) is 25.3. The van der Waals surface area contributed by atoms with Crippen LogP contribution in [0, 0.1) is 6.92 Å². The topological polar surface area (TPSA) is 98.4 Å². The Hall–Kier alpha value is -4.01. The Bertz CT molecular complexity index is 1590. The lowest BCUT2D eigenvalue weighted by atomic mass is 9.91. The summed E-state index contributed by atoms with van der Waals surface area (Å²) in [6.45, 7) is 4.64.